The first-order chi connectivity index (χ1) is 41.1. The number of aliphatic hydroxyl groups is 19. The van der Waals surface area contributed by atoms with E-state index < -0.39 is 216 Å². The quantitative estimate of drug-likeness (QED) is 0.0324. The van der Waals surface area contributed by atoms with E-state index in [9.17, 15) is 97.0 Å². The van der Waals surface area contributed by atoms with Crippen LogP contribution in [0.2, 0.25) is 0 Å². The molecule has 0 aromatic rings. The lowest BCUT2D eigenvalue weighted by atomic mass is 9.95. The molecule has 6 heterocycles. The van der Waals surface area contributed by atoms with Gasteiger partial charge in [0.05, 0.1) is 57.5 Å². The zero-order chi connectivity index (χ0) is 64.4. The Hall–Kier alpha value is -2.28. The van der Waals surface area contributed by atoms with Gasteiger partial charge in [-0.1, -0.05) is 35.5 Å². The standard InChI is InChI=1S/C56H94O31/c1-7-56(6,87-55-46(75)40(69)48(30(20-60)82-55)85-54-43(72)37(66)34(63)29(19-59)81-54)16-10-15-27(17-57)14-9-12-23(2)11-8-13-24(3)21-76-51-44(73)39(68)49(31(83-51)22-77-50-41(70)35(64)32(61)25(4)78-50)86-52-45(74)38(67)47(26(5)79-52)84-53-42(71)36(65)33(62)28(18-58)80-53/h7,12-13,15,25-26,28-55,57-75H,1,8-11,14,16-22H2,2-6H3/b23-12+,24-13-,27-15-/t25-,26-,28+,29+,30+,31+,32-,33+,34+,35+,36-,37-,38-,39+,40+,41+,42+,43+,44+,45+,46+,47-,48+,49+,50+,51+,52-,53-,54-,55-,56+/m0/s1. The van der Waals surface area contributed by atoms with Crippen LogP contribution in [-0.4, -0.2) is 327 Å². The lowest BCUT2D eigenvalue weighted by Gasteiger charge is -2.48. The van der Waals surface area contributed by atoms with E-state index in [1.165, 1.54) is 19.9 Å². The van der Waals surface area contributed by atoms with Crippen LogP contribution in [0, 0.1) is 0 Å². The van der Waals surface area contributed by atoms with Gasteiger partial charge in [-0.2, -0.15) is 0 Å². The molecule has 0 amide bonds. The summed E-state index contributed by atoms with van der Waals surface area (Å²) in [5.41, 5.74) is 1.32. The van der Waals surface area contributed by atoms with Crippen molar-refractivity contribution >= 4 is 0 Å². The van der Waals surface area contributed by atoms with Crippen LogP contribution in [0.1, 0.15) is 73.1 Å². The van der Waals surface area contributed by atoms with Crippen LogP contribution in [-0.2, 0) is 56.8 Å². The summed E-state index contributed by atoms with van der Waals surface area (Å²) in [6.45, 7) is 8.90. The third-order valence-corrected chi connectivity index (χ3v) is 16.6. The number of aliphatic hydroxyl groups excluding tert-OH is 19. The Morgan fingerprint density at radius 2 is 0.851 bits per heavy atom. The van der Waals surface area contributed by atoms with E-state index in [4.69, 9.17) is 56.8 Å². The van der Waals surface area contributed by atoms with Crippen LogP contribution >= 0.6 is 0 Å². The Labute approximate surface area is 502 Å². The lowest BCUT2D eigenvalue weighted by Crippen LogP contribution is -2.66. The molecule has 0 saturated carbocycles. The predicted octanol–water partition coefficient (Wildman–Crippen LogP) is -6.93. The van der Waals surface area contributed by atoms with Gasteiger partial charge in [0.1, 0.15) is 134 Å². The maximum atomic E-state index is 11.6. The van der Waals surface area contributed by atoms with E-state index in [0.29, 0.717) is 37.7 Å². The summed E-state index contributed by atoms with van der Waals surface area (Å²) in [6.07, 6.45) is -38.2. The van der Waals surface area contributed by atoms with Crippen LogP contribution in [0.3, 0.4) is 0 Å². The largest absolute Gasteiger partial charge is 0.394 e. The van der Waals surface area contributed by atoms with Crippen molar-refractivity contribution in [1.82, 2.24) is 0 Å². The Morgan fingerprint density at radius 1 is 0.425 bits per heavy atom. The van der Waals surface area contributed by atoms with E-state index in [2.05, 4.69) is 6.58 Å². The van der Waals surface area contributed by atoms with Crippen molar-refractivity contribution in [2.45, 2.75) is 263 Å². The smallest absolute Gasteiger partial charge is 0.187 e. The van der Waals surface area contributed by atoms with Crippen LogP contribution in [0.4, 0.5) is 0 Å². The highest BCUT2D eigenvalue weighted by atomic mass is 16.8. The number of hydrogen-bond donors (Lipinski definition) is 19. The summed E-state index contributed by atoms with van der Waals surface area (Å²) in [5.74, 6) is 0. The molecule has 87 heavy (non-hydrogen) atoms. The van der Waals surface area contributed by atoms with Crippen molar-refractivity contribution in [3.8, 4) is 0 Å². The van der Waals surface area contributed by atoms with E-state index in [1.807, 2.05) is 25.2 Å². The van der Waals surface area contributed by atoms with E-state index in [1.54, 1.807) is 13.8 Å². The molecular weight excluding hydrogens is 1170 g/mol. The van der Waals surface area contributed by atoms with E-state index in [0.717, 1.165) is 11.1 Å². The maximum Gasteiger partial charge on any atom is 0.187 e. The molecule has 0 aromatic carbocycles. The van der Waals surface area contributed by atoms with Crippen LogP contribution in [0.25, 0.3) is 0 Å². The molecule has 31 atom stereocenters. The molecule has 6 aliphatic heterocycles. The predicted molar refractivity (Wildman–Crippen MR) is 291 cm³/mol. The molecule has 6 fully saturated rings. The summed E-state index contributed by atoms with van der Waals surface area (Å²) in [5, 5.41) is 200. The molecule has 31 heteroatoms. The fourth-order valence-electron chi connectivity index (χ4n) is 10.8. The molecule has 0 aliphatic carbocycles. The van der Waals surface area contributed by atoms with Gasteiger partial charge in [-0.05, 0) is 78.7 Å². The fraction of sp³-hybridized carbons (Fsp3) is 0.857. The number of allylic oxidation sites excluding steroid dienone is 4. The van der Waals surface area contributed by atoms with E-state index >= 15 is 0 Å². The number of hydrogen-bond acceptors (Lipinski definition) is 31. The second-order valence-electron chi connectivity index (χ2n) is 23.3. The third kappa shape index (κ3) is 18.3. The minimum absolute atomic E-state index is 0.101. The summed E-state index contributed by atoms with van der Waals surface area (Å²) >= 11 is 0. The van der Waals surface area contributed by atoms with Crippen molar-refractivity contribution in [1.29, 1.82) is 0 Å². The van der Waals surface area contributed by atoms with Crippen LogP contribution in [0.5, 0.6) is 0 Å². The topological polar surface area (TPSA) is 495 Å². The molecule has 6 aliphatic rings. The number of ether oxygens (including phenoxy) is 12. The second kappa shape index (κ2) is 33.5. The Kier molecular flexibility index (Phi) is 28.4. The molecule has 0 radical (unpaired) electrons. The van der Waals surface area contributed by atoms with Gasteiger partial charge in [-0.15, -0.1) is 6.58 Å². The number of rotatable bonds is 28. The van der Waals surface area contributed by atoms with Gasteiger partial charge >= 0.3 is 0 Å². The molecule has 504 valence electrons. The molecule has 0 unspecified atom stereocenters. The monoisotopic (exact) mass is 1260 g/mol. The zero-order valence-electron chi connectivity index (χ0n) is 49.2. The Bertz CT molecular complexity index is 2170. The summed E-state index contributed by atoms with van der Waals surface area (Å²) in [7, 11) is 0. The van der Waals surface area contributed by atoms with Gasteiger partial charge < -0.3 is 154 Å². The first-order valence-corrected chi connectivity index (χ1v) is 29.2. The van der Waals surface area contributed by atoms with Gasteiger partial charge in [-0.25, -0.2) is 0 Å². The van der Waals surface area contributed by atoms with Gasteiger partial charge in [0.15, 0.2) is 37.7 Å². The Morgan fingerprint density at radius 3 is 1.41 bits per heavy atom. The normalized spacial score (nSPS) is 45.2. The fourth-order valence-corrected chi connectivity index (χ4v) is 10.8. The summed E-state index contributed by atoms with van der Waals surface area (Å²) in [4.78, 5) is 0. The SMILES string of the molecule is C=C[C@](C)(CC/C=C(\CO)CC/C=C(\C)CC/C=C(/C)CO[C@@H]1O[C@H](CO[C@@H]2O[C@@H](C)[C@H](O)[C@@H](O)[C@H]2O)[C@@H](O[C@@H]2O[C@@H](C)[C@H](O[C@@H]3O[C@H](CO)[C@@H](O)[C@H](O)[C@H]3O)[C@@H](O)[C@H]2O)[C@H](O)[C@H]1O)O[C@@H]1O[C@H](CO)[C@@H](O[C@@H]2O[C@H](CO)[C@@H](O)[C@H](O)[C@H]2O)[C@H](O)[C@H]1O. The van der Waals surface area contributed by atoms with Crippen molar-refractivity contribution in [3.05, 3.63) is 47.6 Å². The first kappa shape index (κ1) is 73.8. The van der Waals surface area contributed by atoms with Crippen LogP contribution in [0.15, 0.2) is 47.6 Å². The summed E-state index contributed by atoms with van der Waals surface area (Å²) in [6, 6.07) is 0. The minimum Gasteiger partial charge on any atom is -0.394 e. The molecule has 0 bridgehead atoms. The molecule has 6 saturated heterocycles. The minimum atomic E-state index is -1.96. The summed E-state index contributed by atoms with van der Waals surface area (Å²) < 4.78 is 69.2. The van der Waals surface area contributed by atoms with Crippen molar-refractivity contribution < 1.29 is 154 Å². The zero-order valence-corrected chi connectivity index (χ0v) is 49.2. The highest BCUT2D eigenvalue weighted by Gasteiger charge is 2.55. The molecule has 0 aromatic heterocycles. The van der Waals surface area contributed by atoms with Crippen molar-refractivity contribution in [2.24, 2.45) is 0 Å². The molecule has 0 spiro atoms. The van der Waals surface area contributed by atoms with Gasteiger partial charge in [0.2, 0.25) is 0 Å². The van der Waals surface area contributed by atoms with Gasteiger partial charge in [-0.3, -0.25) is 0 Å². The van der Waals surface area contributed by atoms with Gasteiger partial charge in [0.25, 0.3) is 0 Å². The average molecular weight is 1260 g/mol. The maximum absolute atomic E-state index is 11.6. The second-order valence-corrected chi connectivity index (χ2v) is 23.3. The van der Waals surface area contributed by atoms with Crippen LogP contribution < -0.4 is 0 Å². The first-order valence-electron chi connectivity index (χ1n) is 29.2. The average Bonchev–Trinajstić information content (AvgIpc) is 1.02. The van der Waals surface area contributed by atoms with E-state index in [-0.39, 0.29) is 19.6 Å². The molecular formula is C56H94O31. The highest BCUT2D eigenvalue weighted by Crippen LogP contribution is 2.36. The molecule has 6 rings (SSSR count). The molecule has 31 nitrogen and oxygen atoms in total. The van der Waals surface area contributed by atoms with Crippen molar-refractivity contribution in [2.75, 3.05) is 39.6 Å². The van der Waals surface area contributed by atoms with Crippen molar-refractivity contribution in [3.63, 3.8) is 0 Å². The Balaban J connectivity index is 0.988. The lowest BCUT2D eigenvalue weighted by molar-refractivity contribution is -0.379. The third-order valence-electron chi connectivity index (χ3n) is 16.6. The molecule has 19 N–H and O–H groups in total. The van der Waals surface area contributed by atoms with Gasteiger partial charge in [0, 0.05) is 0 Å². The highest BCUT2D eigenvalue weighted by molar-refractivity contribution is 5.09.